The molecule has 0 aliphatic heterocycles. The normalized spacial score (nSPS) is 14.0. The molecule has 2 aromatic rings. The molecule has 0 spiro atoms. The largest absolute Gasteiger partial charge is 0.497 e. The number of rotatable bonds is 11. The predicted molar refractivity (Wildman–Crippen MR) is 120 cm³/mol. The summed E-state index contributed by atoms with van der Waals surface area (Å²) in [5.74, 6) is 0.372. The number of methoxy groups -OCH3 is 1. The highest BCUT2D eigenvalue weighted by atomic mass is 32.2. The lowest BCUT2D eigenvalue weighted by molar-refractivity contribution is -0.123. The van der Waals surface area contributed by atoms with Gasteiger partial charge in [0.25, 0.3) is 0 Å². The number of likely N-dealkylation sites (N-methyl/N-ethyl adjacent to an activating group) is 1. The van der Waals surface area contributed by atoms with Crippen LogP contribution >= 0.6 is 11.3 Å². The first-order chi connectivity index (χ1) is 14.1. The average molecular weight is 454 g/mol. The number of benzene rings is 1. The van der Waals surface area contributed by atoms with Gasteiger partial charge in [-0.2, -0.15) is 16.1 Å². The van der Waals surface area contributed by atoms with E-state index in [2.05, 4.69) is 15.4 Å². The van der Waals surface area contributed by atoms with Gasteiger partial charge in [-0.1, -0.05) is 13.8 Å². The second-order valence-electron chi connectivity index (χ2n) is 7.76. The summed E-state index contributed by atoms with van der Waals surface area (Å²) >= 11 is 1.60. The molecule has 2 rings (SSSR count). The molecule has 1 aromatic carbocycles. The highest BCUT2D eigenvalue weighted by molar-refractivity contribution is 7.89. The number of hydrogen-bond acceptors (Lipinski definition) is 6. The molecule has 0 saturated heterocycles. The molecule has 0 saturated carbocycles. The van der Waals surface area contributed by atoms with Crippen LogP contribution in [0.4, 0.5) is 0 Å². The van der Waals surface area contributed by atoms with E-state index in [-0.39, 0.29) is 22.8 Å². The van der Waals surface area contributed by atoms with Gasteiger partial charge >= 0.3 is 0 Å². The van der Waals surface area contributed by atoms with Gasteiger partial charge in [-0.15, -0.1) is 0 Å². The summed E-state index contributed by atoms with van der Waals surface area (Å²) in [5.41, 5.74) is 1.12. The Morgan fingerprint density at radius 3 is 2.33 bits per heavy atom. The Kier molecular flexibility index (Phi) is 8.84. The van der Waals surface area contributed by atoms with Crippen LogP contribution in [0.2, 0.25) is 0 Å². The van der Waals surface area contributed by atoms with E-state index in [4.69, 9.17) is 4.74 Å². The molecule has 0 radical (unpaired) electrons. The van der Waals surface area contributed by atoms with E-state index in [1.165, 1.54) is 19.2 Å². The van der Waals surface area contributed by atoms with Crippen molar-refractivity contribution in [3.8, 4) is 5.75 Å². The number of carbonyl (C=O) groups excluding carboxylic acids is 1. The molecule has 2 atom stereocenters. The summed E-state index contributed by atoms with van der Waals surface area (Å²) < 4.78 is 33.3. The molecule has 0 bridgehead atoms. The number of ether oxygens (including phenoxy) is 1. The second kappa shape index (κ2) is 10.9. The van der Waals surface area contributed by atoms with Gasteiger partial charge in [0, 0.05) is 6.54 Å². The molecule has 0 unspecified atom stereocenters. The third-order valence-corrected chi connectivity index (χ3v) is 6.90. The Bertz CT molecular complexity index is 895. The standard InChI is InChI=1S/C21H31N3O4S2/c1-15(2)12-19(23-30(26,27)18-8-6-17(28-5)7-9-18)21(25)22-13-20(24(3)4)16-10-11-29-14-16/h6-11,14-15,19-20,23H,12-13H2,1-5H3,(H,22,25)/t19-,20+/m0/s1. The minimum atomic E-state index is -3.85. The van der Waals surface area contributed by atoms with E-state index in [1.807, 2.05) is 44.3 Å². The molecular weight excluding hydrogens is 422 g/mol. The number of amides is 1. The first-order valence-electron chi connectivity index (χ1n) is 9.76. The topological polar surface area (TPSA) is 87.7 Å². The lowest BCUT2D eigenvalue weighted by Crippen LogP contribution is -2.48. The third-order valence-electron chi connectivity index (χ3n) is 4.71. The first kappa shape index (κ1) is 24.3. The summed E-state index contributed by atoms with van der Waals surface area (Å²) in [6.45, 7) is 4.30. The van der Waals surface area contributed by atoms with Gasteiger partial charge in [0.2, 0.25) is 15.9 Å². The summed E-state index contributed by atoms with van der Waals surface area (Å²) in [6.07, 6.45) is 0.395. The van der Waals surface area contributed by atoms with Crippen LogP contribution in [0.15, 0.2) is 46.0 Å². The zero-order valence-corrected chi connectivity index (χ0v) is 19.7. The van der Waals surface area contributed by atoms with Crippen LogP contribution in [0.1, 0.15) is 31.9 Å². The minimum Gasteiger partial charge on any atom is -0.497 e. The third kappa shape index (κ3) is 6.80. The zero-order valence-electron chi connectivity index (χ0n) is 18.1. The van der Waals surface area contributed by atoms with Crippen molar-refractivity contribution in [1.29, 1.82) is 0 Å². The summed E-state index contributed by atoms with van der Waals surface area (Å²) in [6, 6.07) is 7.26. The summed E-state index contributed by atoms with van der Waals surface area (Å²) in [7, 11) is 1.57. The van der Waals surface area contributed by atoms with Gasteiger partial charge in [0.15, 0.2) is 0 Å². The van der Waals surface area contributed by atoms with Crippen LogP contribution in [0.5, 0.6) is 5.75 Å². The highest BCUT2D eigenvalue weighted by Crippen LogP contribution is 2.20. The zero-order chi connectivity index (χ0) is 22.3. The average Bonchev–Trinajstić information content (AvgIpc) is 3.21. The molecular formula is C21H31N3O4S2. The van der Waals surface area contributed by atoms with Gasteiger partial charge in [0.1, 0.15) is 11.8 Å². The van der Waals surface area contributed by atoms with Gasteiger partial charge in [0.05, 0.1) is 18.0 Å². The quantitative estimate of drug-likeness (QED) is 0.546. The van der Waals surface area contributed by atoms with Crippen LogP contribution in [0.3, 0.4) is 0 Å². The molecule has 1 amide bonds. The number of nitrogens with one attached hydrogen (secondary N) is 2. The fourth-order valence-corrected chi connectivity index (χ4v) is 4.99. The number of sulfonamides is 1. The van der Waals surface area contributed by atoms with Crippen molar-refractivity contribution >= 4 is 27.3 Å². The van der Waals surface area contributed by atoms with Crippen molar-refractivity contribution in [3.63, 3.8) is 0 Å². The van der Waals surface area contributed by atoms with E-state index in [0.29, 0.717) is 18.7 Å². The van der Waals surface area contributed by atoms with E-state index in [1.54, 1.807) is 23.5 Å². The fourth-order valence-electron chi connectivity index (χ4n) is 3.07. The maximum Gasteiger partial charge on any atom is 0.241 e. The molecule has 166 valence electrons. The summed E-state index contributed by atoms with van der Waals surface area (Å²) in [5, 5.41) is 6.98. The van der Waals surface area contributed by atoms with Crippen LogP contribution in [0.25, 0.3) is 0 Å². The molecule has 9 heteroatoms. The SMILES string of the molecule is COc1ccc(S(=O)(=O)N[C@@H](CC(C)C)C(=O)NC[C@H](c2ccsc2)N(C)C)cc1. The maximum absolute atomic E-state index is 12.9. The first-order valence-corrected chi connectivity index (χ1v) is 12.2. The van der Waals surface area contributed by atoms with E-state index in [9.17, 15) is 13.2 Å². The van der Waals surface area contributed by atoms with Crippen LogP contribution in [-0.4, -0.2) is 53.0 Å². The minimum absolute atomic E-state index is 0.0121. The Labute approximate surface area is 183 Å². The Morgan fingerprint density at radius 2 is 1.83 bits per heavy atom. The molecule has 7 nitrogen and oxygen atoms in total. The van der Waals surface area contributed by atoms with Crippen molar-refractivity contribution in [3.05, 3.63) is 46.7 Å². The van der Waals surface area contributed by atoms with E-state index < -0.39 is 16.1 Å². The Balaban J connectivity index is 2.12. The Morgan fingerprint density at radius 1 is 1.17 bits per heavy atom. The van der Waals surface area contributed by atoms with Gasteiger partial charge in [-0.25, -0.2) is 8.42 Å². The fraction of sp³-hybridized carbons (Fsp3) is 0.476. The van der Waals surface area contributed by atoms with Gasteiger partial charge < -0.3 is 15.0 Å². The monoisotopic (exact) mass is 453 g/mol. The second-order valence-corrected chi connectivity index (χ2v) is 10.3. The number of thiophene rings is 1. The van der Waals surface area contributed by atoms with E-state index in [0.717, 1.165) is 5.56 Å². The molecule has 0 aliphatic carbocycles. The van der Waals surface area contributed by atoms with Crippen molar-refractivity contribution in [2.45, 2.75) is 37.2 Å². The molecule has 2 N–H and O–H groups in total. The molecule has 1 aromatic heterocycles. The van der Waals surface area contributed by atoms with Crippen molar-refractivity contribution < 1.29 is 17.9 Å². The lowest BCUT2D eigenvalue weighted by atomic mass is 10.0. The summed E-state index contributed by atoms with van der Waals surface area (Å²) in [4.78, 5) is 15.0. The van der Waals surface area contributed by atoms with Gasteiger partial charge in [-0.3, -0.25) is 4.79 Å². The van der Waals surface area contributed by atoms with Crippen molar-refractivity contribution in [2.24, 2.45) is 5.92 Å². The number of hydrogen-bond donors (Lipinski definition) is 2. The van der Waals surface area contributed by atoms with Gasteiger partial charge in [-0.05, 0) is 73.1 Å². The number of carbonyl (C=O) groups is 1. The lowest BCUT2D eigenvalue weighted by Gasteiger charge is -2.26. The Hall–Kier alpha value is -1.94. The van der Waals surface area contributed by atoms with Crippen molar-refractivity contribution in [1.82, 2.24) is 14.9 Å². The molecule has 1 heterocycles. The molecule has 0 aliphatic rings. The predicted octanol–water partition coefficient (Wildman–Crippen LogP) is 2.87. The van der Waals surface area contributed by atoms with Crippen LogP contribution in [-0.2, 0) is 14.8 Å². The van der Waals surface area contributed by atoms with Crippen molar-refractivity contribution in [2.75, 3.05) is 27.7 Å². The number of nitrogens with zero attached hydrogens (tertiary/aromatic N) is 1. The maximum atomic E-state index is 12.9. The molecule has 30 heavy (non-hydrogen) atoms. The smallest absolute Gasteiger partial charge is 0.241 e. The van der Waals surface area contributed by atoms with Crippen LogP contribution < -0.4 is 14.8 Å². The van der Waals surface area contributed by atoms with Crippen LogP contribution in [0, 0.1) is 5.92 Å². The van der Waals surface area contributed by atoms with E-state index >= 15 is 0 Å². The highest BCUT2D eigenvalue weighted by Gasteiger charge is 2.27. The molecule has 0 fully saturated rings.